The fourth-order valence-corrected chi connectivity index (χ4v) is 2.96. The standard InChI is InChI=1S/C12H13NO2.C10H15NO/c1-5-15-12(14)10-6-8(2)11(13-4)9(3)7-10;1-7-3-9(6-12)4-8(2)10(7)5-11/h6-7H,5H2,1-3H3;3-4,12H,5-6,11H2,1-2H3. The maximum atomic E-state index is 11.4. The van der Waals surface area contributed by atoms with E-state index in [0.717, 1.165) is 16.7 Å². The second-order valence-electron chi connectivity index (χ2n) is 6.36. The molecule has 0 aliphatic rings. The van der Waals surface area contributed by atoms with E-state index in [1.54, 1.807) is 19.1 Å². The van der Waals surface area contributed by atoms with E-state index >= 15 is 0 Å². The number of hydrogen-bond donors (Lipinski definition) is 2. The number of benzene rings is 2. The number of carbonyl (C=O) groups is 1. The molecule has 0 amide bonds. The van der Waals surface area contributed by atoms with Gasteiger partial charge in [-0.25, -0.2) is 9.64 Å². The van der Waals surface area contributed by atoms with E-state index in [0.29, 0.717) is 24.4 Å². The first-order chi connectivity index (χ1) is 12.8. The summed E-state index contributed by atoms with van der Waals surface area (Å²) in [6.45, 7) is 17.5. The molecule has 5 heteroatoms. The number of esters is 1. The fraction of sp³-hybridized carbons (Fsp3) is 0.364. The molecule has 0 radical (unpaired) electrons. The number of aliphatic hydroxyl groups is 1. The van der Waals surface area contributed by atoms with Crippen molar-refractivity contribution in [1.82, 2.24) is 0 Å². The summed E-state index contributed by atoms with van der Waals surface area (Å²) in [5.74, 6) is -0.333. The molecule has 0 aliphatic heterocycles. The molecule has 0 spiro atoms. The van der Waals surface area contributed by atoms with Crippen molar-refractivity contribution in [2.45, 2.75) is 47.8 Å². The van der Waals surface area contributed by atoms with Gasteiger partial charge in [-0.2, -0.15) is 0 Å². The van der Waals surface area contributed by atoms with Gasteiger partial charge in [0, 0.05) is 6.54 Å². The molecule has 0 bridgehead atoms. The molecule has 2 aromatic rings. The molecule has 2 aromatic carbocycles. The Bertz CT molecular complexity index is 805. The van der Waals surface area contributed by atoms with E-state index in [4.69, 9.17) is 22.1 Å². The zero-order chi connectivity index (χ0) is 20.6. The smallest absolute Gasteiger partial charge is 0.338 e. The van der Waals surface area contributed by atoms with Gasteiger partial charge in [-0.05, 0) is 68.0 Å². The van der Waals surface area contributed by atoms with Crippen LogP contribution in [0.5, 0.6) is 0 Å². The number of rotatable bonds is 4. The van der Waals surface area contributed by atoms with Gasteiger partial charge in [0.05, 0.1) is 25.3 Å². The highest BCUT2D eigenvalue weighted by molar-refractivity contribution is 5.90. The van der Waals surface area contributed by atoms with E-state index in [1.165, 1.54) is 16.7 Å². The van der Waals surface area contributed by atoms with Crippen LogP contribution in [0.15, 0.2) is 24.3 Å². The first-order valence-electron chi connectivity index (χ1n) is 8.84. The second-order valence-corrected chi connectivity index (χ2v) is 6.36. The minimum Gasteiger partial charge on any atom is -0.462 e. The van der Waals surface area contributed by atoms with Crippen LogP contribution in [0, 0.1) is 34.3 Å². The van der Waals surface area contributed by atoms with Crippen LogP contribution in [0.1, 0.15) is 50.7 Å². The lowest BCUT2D eigenvalue weighted by Crippen LogP contribution is -2.05. The molecule has 2 rings (SSSR count). The van der Waals surface area contributed by atoms with Gasteiger partial charge in [0.15, 0.2) is 5.69 Å². The zero-order valence-corrected chi connectivity index (χ0v) is 16.7. The molecule has 0 atom stereocenters. The van der Waals surface area contributed by atoms with Crippen LogP contribution >= 0.6 is 0 Å². The lowest BCUT2D eigenvalue weighted by Gasteiger charge is -2.09. The Labute approximate surface area is 161 Å². The third-order valence-corrected chi connectivity index (χ3v) is 4.26. The highest BCUT2D eigenvalue weighted by Gasteiger charge is 2.11. The Hall–Kier alpha value is -2.68. The number of nitrogens with zero attached hydrogens (tertiary/aromatic N) is 1. The summed E-state index contributed by atoms with van der Waals surface area (Å²) in [7, 11) is 0. The molecular weight excluding hydrogens is 340 g/mol. The van der Waals surface area contributed by atoms with E-state index in [2.05, 4.69) is 4.85 Å². The largest absolute Gasteiger partial charge is 0.462 e. The average Bonchev–Trinajstić information content (AvgIpc) is 2.61. The zero-order valence-electron chi connectivity index (χ0n) is 16.7. The summed E-state index contributed by atoms with van der Waals surface area (Å²) in [6, 6.07) is 7.35. The fourth-order valence-electron chi connectivity index (χ4n) is 2.96. The highest BCUT2D eigenvalue weighted by Crippen LogP contribution is 2.25. The maximum absolute atomic E-state index is 11.4. The predicted octanol–water partition coefficient (Wildman–Crippen LogP) is 4.29. The normalized spacial score (nSPS) is 9.85. The molecule has 5 nitrogen and oxygen atoms in total. The second kappa shape index (κ2) is 10.5. The van der Waals surface area contributed by atoms with Gasteiger partial charge < -0.3 is 15.6 Å². The van der Waals surface area contributed by atoms with Crippen molar-refractivity contribution in [3.05, 3.63) is 74.6 Å². The Morgan fingerprint density at radius 3 is 1.96 bits per heavy atom. The Balaban J connectivity index is 0.000000277. The summed E-state index contributed by atoms with van der Waals surface area (Å²) in [6.07, 6.45) is 0. The van der Waals surface area contributed by atoms with Crippen LogP contribution in [-0.2, 0) is 17.9 Å². The Morgan fingerprint density at radius 1 is 1.07 bits per heavy atom. The van der Waals surface area contributed by atoms with Crippen LogP contribution in [0.3, 0.4) is 0 Å². The summed E-state index contributed by atoms with van der Waals surface area (Å²) in [5.41, 5.74) is 12.8. The van der Waals surface area contributed by atoms with Gasteiger partial charge in [0.2, 0.25) is 0 Å². The number of hydrogen-bond acceptors (Lipinski definition) is 4. The summed E-state index contributed by atoms with van der Waals surface area (Å²) in [4.78, 5) is 14.9. The number of aliphatic hydroxyl groups excluding tert-OH is 1. The van der Waals surface area contributed by atoms with Crippen LogP contribution in [0.2, 0.25) is 0 Å². The molecular formula is C22H28N2O3. The molecule has 144 valence electrons. The predicted molar refractivity (Wildman–Crippen MR) is 108 cm³/mol. The molecule has 0 saturated carbocycles. The van der Waals surface area contributed by atoms with E-state index < -0.39 is 0 Å². The van der Waals surface area contributed by atoms with Crippen LogP contribution in [0.25, 0.3) is 4.85 Å². The van der Waals surface area contributed by atoms with Gasteiger partial charge >= 0.3 is 5.97 Å². The van der Waals surface area contributed by atoms with Crippen molar-refractivity contribution < 1.29 is 14.6 Å². The minimum atomic E-state index is -0.333. The highest BCUT2D eigenvalue weighted by atomic mass is 16.5. The maximum Gasteiger partial charge on any atom is 0.338 e. The van der Waals surface area contributed by atoms with Gasteiger partial charge in [0.1, 0.15) is 0 Å². The van der Waals surface area contributed by atoms with Gasteiger partial charge in [-0.3, -0.25) is 0 Å². The molecule has 0 saturated heterocycles. The summed E-state index contributed by atoms with van der Waals surface area (Å²) < 4.78 is 4.90. The Morgan fingerprint density at radius 2 is 1.59 bits per heavy atom. The summed E-state index contributed by atoms with van der Waals surface area (Å²) >= 11 is 0. The van der Waals surface area contributed by atoms with Crippen LogP contribution in [0.4, 0.5) is 5.69 Å². The van der Waals surface area contributed by atoms with Crippen molar-refractivity contribution in [1.29, 1.82) is 0 Å². The number of nitrogens with two attached hydrogens (primary N) is 1. The number of aryl methyl sites for hydroxylation is 4. The molecule has 0 aromatic heterocycles. The van der Waals surface area contributed by atoms with Gasteiger partial charge in [-0.1, -0.05) is 24.3 Å². The molecule has 0 fully saturated rings. The average molecular weight is 368 g/mol. The lowest BCUT2D eigenvalue weighted by atomic mass is 10.00. The van der Waals surface area contributed by atoms with E-state index in [1.807, 2.05) is 39.8 Å². The SMILES string of the molecule is Cc1cc(CO)cc(C)c1CN.[C-]#[N+]c1c(C)cc(C(=O)OCC)cc1C. The van der Waals surface area contributed by atoms with Crippen molar-refractivity contribution in [2.24, 2.45) is 5.73 Å². The molecule has 27 heavy (non-hydrogen) atoms. The van der Waals surface area contributed by atoms with E-state index in [-0.39, 0.29) is 12.6 Å². The third-order valence-electron chi connectivity index (χ3n) is 4.26. The molecule has 0 aliphatic carbocycles. The van der Waals surface area contributed by atoms with Crippen molar-refractivity contribution in [3.63, 3.8) is 0 Å². The minimum absolute atomic E-state index is 0.104. The quantitative estimate of drug-likeness (QED) is 0.624. The number of carbonyl (C=O) groups excluding carboxylic acids is 1. The third kappa shape index (κ3) is 5.92. The summed E-state index contributed by atoms with van der Waals surface area (Å²) in [5, 5.41) is 8.92. The first kappa shape index (κ1) is 22.4. The van der Waals surface area contributed by atoms with Crippen molar-refractivity contribution >= 4 is 11.7 Å². The lowest BCUT2D eigenvalue weighted by molar-refractivity contribution is 0.0526. The van der Waals surface area contributed by atoms with Crippen LogP contribution < -0.4 is 5.73 Å². The van der Waals surface area contributed by atoms with Crippen molar-refractivity contribution in [3.8, 4) is 0 Å². The molecule has 0 unspecified atom stereocenters. The Kier molecular flexibility index (Phi) is 8.67. The van der Waals surface area contributed by atoms with Gasteiger partial charge in [-0.15, -0.1) is 0 Å². The molecule has 0 heterocycles. The topological polar surface area (TPSA) is 76.9 Å². The van der Waals surface area contributed by atoms with Crippen LogP contribution in [-0.4, -0.2) is 17.7 Å². The van der Waals surface area contributed by atoms with Crippen molar-refractivity contribution in [2.75, 3.05) is 6.61 Å². The van der Waals surface area contributed by atoms with E-state index in [9.17, 15) is 4.79 Å². The van der Waals surface area contributed by atoms with Gasteiger partial charge in [0.25, 0.3) is 0 Å². The monoisotopic (exact) mass is 368 g/mol. The molecule has 3 N–H and O–H groups in total. The first-order valence-corrected chi connectivity index (χ1v) is 8.84. The number of ether oxygens (including phenoxy) is 1.